The molecule has 0 aromatic carbocycles. The van der Waals surface area contributed by atoms with Crippen molar-refractivity contribution in [3.05, 3.63) is 0 Å². The van der Waals surface area contributed by atoms with Gasteiger partial charge in [-0.05, 0) is 18.8 Å². The van der Waals surface area contributed by atoms with Crippen LogP contribution >= 0.6 is 0 Å². The highest BCUT2D eigenvalue weighted by Gasteiger charge is 2.37. The Kier molecular flexibility index (Phi) is 3.09. The zero-order chi connectivity index (χ0) is 11.8. The molecular formula is C13H22N2O2. The van der Waals surface area contributed by atoms with Crippen LogP contribution in [0.15, 0.2) is 0 Å². The van der Waals surface area contributed by atoms with Gasteiger partial charge >= 0.3 is 0 Å². The molecule has 0 unspecified atom stereocenters. The molecule has 2 N–H and O–H groups in total. The zero-order valence-corrected chi connectivity index (χ0v) is 10.3. The summed E-state index contributed by atoms with van der Waals surface area (Å²) in [5.74, 6) is 1.66. The lowest BCUT2D eigenvalue weighted by Gasteiger charge is -2.39. The summed E-state index contributed by atoms with van der Waals surface area (Å²) in [5, 5.41) is 13.2. The van der Waals surface area contributed by atoms with E-state index in [0.717, 1.165) is 44.9 Å². The molecule has 4 nitrogen and oxygen atoms in total. The highest BCUT2D eigenvalue weighted by Crippen LogP contribution is 2.38. The van der Waals surface area contributed by atoms with E-state index in [1.165, 1.54) is 12.8 Å². The molecule has 0 aromatic heterocycles. The quantitative estimate of drug-likeness (QED) is 0.739. The second-order valence-electron chi connectivity index (χ2n) is 5.93. The summed E-state index contributed by atoms with van der Waals surface area (Å²) in [5.41, 5.74) is 0. The molecule has 96 valence electrons. The van der Waals surface area contributed by atoms with Gasteiger partial charge in [-0.25, -0.2) is 0 Å². The number of hydrogen-bond acceptors (Lipinski definition) is 3. The third-order valence-electron chi connectivity index (χ3n) is 4.47. The minimum atomic E-state index is -0.181. The van der Waals surface area contributed by atoms with Gasteiger partial charge in [0.25, 0.3) is 0 Å². The Balaban J connectivity index is 1.56. The number of aliphatic hydroxyl groups excluding tert-OH is 1. The lowest BCUT2D eigenvalue weighted by molar-refractivity contribution is -0.141. The third kappa shape index (κ3) is 2.47. The highest BCUT2D eigenvalue weighted by atomic mass is 16.3. The molecule has 2 aliphatic heterocycles. The Hall–Kier alpha value is -0.610. The summed E-state index contributed by atoms with van der Waals surface area (Å²) in [4.78, 5) is 14.1. The average Bonchev–Trinajstić information content (AvgIpc) is 3.02. The van der Waals surface area contributed by atoms with Gasteiger partial charge in [-0.15, -0.1) is 0 Å². The molecule has 2 saturated heterocycles. The summed E-state index contributed by atoms with van der Waals surface area (Å²) in [6, 6.07) is 0. The average molecular weight is 238 g/mol. The van der Waals surface area contributed by atoms with Crippen LogP contribution in [-0.4, -0.2) is 48.2 Å². The molecule has 1 amide bonds. The zero-order valence-electron chi connectivity index (χ0n) is 10.3. The number of piperidine rings is 1. The van der Waals surface area contributed by atoms with Crippen molar-refractivity contribution in [2.45, 2.75) is 31.8 Å². The normalized spacial score (nSPS) is 34.5. The molecule has 4 heteroatoms. The molecule has 0 radical (unpaired) electrons. The van der Waals surface area contributed by atoms with Crippen LogP contribution < -0.4 is 5.32 Å². The molecule has 0 aromatic rings. The van der Waals surface area contributed by atoms with Gasteiger partial charge in [0.2, 0.25) is 5.91 Å². The second-order valence-corrected chi connectivity index (χ2v) is 5.93. The number of nitrogens with zero attached hydrogens (tertiary/aromatic N) is 1. The lowest BCUT2D eigenvalue weighted by Crippen LogP contribution is -2.55. The SMILES string of the molecule is O=C(C1CNC1)N1CC[C@@H](O)[C@@H](CC2CC2)C1. The molecule has 2 heterocycles. The monoisotopic (exact) mass is 238 g/mol. The van der Waals surface area contributed by atoms with Crippen molar-refractivity contribution < 1.29 is 9.90 Å². The van der Waals surface area contributed by atoms with Gasteiger partial charge in [0.15, 0.2) is 0 Å². The largest absolute Gasteiger partial charge is 0.393 e. The van der Waals surface area contributed by atoms with Crippen LogP contribution in [0.2, 0.25) is 0 Å². The molecule has 0 spiro atoms. The van der Waals surface area contributed by atoms with Gasteiger partial charge in [-0.2, -0.15) is 0 Å². The molecule has 17 heavy (non-hydrogen) atoms. The lowest BCUT2D eigenvalue weighted by atomic mass is 9.88. The van der Waals surface area contributed by atoms with Crippen LogP contribution in [0, 0.1) is 17.8 Å². The van der Waals surface area contributed by atoms with E-state index in [1.54, 1.807) is 0 Å². The van der Waals surface area contributed by atoms with Crippen molar-refractivity contribution in [1.29, 1.82) is 0 Å². The first-order valence-electron chi connectivity index (χ1n) is 6.91. The molecule has 3 rings (SSSR count). The first-order valence-corrected chi connectivity index (χ1v) is 6.91. The summed E-state index contributed by atoms with van der Waals surface area (Å²) in [6.07, 6.45) is 4.35. The summed E-state index contributed by atoms with van der Waals surface area (Å²) in [6.45, 7) is 3.21. The number of carbonyl (C=O) groups excluding carboxylic acids is 1. The van der Waals surface area contributed by atoms with Crippen molar-refractivity contribution in [2.75, 3.05) is 26.2 Å². The van der Waals surface area contributed by atoms with E-state index in [4.69, 9.17) is 0 Å². The van der Waals surface area contributed by atoms with Gasteiger partial charge in [0.1, 0.15) is 0 Å². The molecule has 1 aliphatic carbocycles. The first-order chi connectivity index (χ1) is 8.24. The number of aliphatic hydroxyl groups is 1. The topological polar surface area (TPSA) is 52.6 Å². The molecule has 2 atom stereocenters. The third-order valence-corrected chi connectivity index (χ3v) is 4.47. The van der Waals surface area contributed by atoms with Crippen LogP contribution in [0.3, 0.4) is 0 Å². The maximum atomic E-state index is 12.1. The fourth-order valence-corrected chi connectivity index (χ4v) is 2.95. The summed E-state index contributed by atoms with van der Waals surface area (Å²) >= 11 is 0. The summed E-state index contributed by atoms with van der Waals surface area (Å²) < 4.78 is 0. The van der Waals surface area contributed by atoms with Crippen LogP contribution in [0.25, 0.3) is 0 Å². The van der Waals surface area contributed by atoms with Crippen LogP contribution in [0.4, 0.5) is 0 Å². The second kappa shape index (κ2) is 4.58. The fourth-order valence-electron chi connectivity index (χ4n) is 2.95. The Morgan fingerprint density at radius 1 is 1.29 bits per heavy atom. The standard InChI is InChI=1S/C13H22N2O2/c16-12-3-4-15(13(17)11-6-14-7-11)8-10(12)5-9-1-2-9/h9-12,14,16H,1-8H2/t10-,12+/m0/s1. The van der Waals surface area contributed by atoms with Crippen LogP contribution in [-0.2, 0) is 4.79 Å². The Morgan fingerprint density at radius 2 is 2.06 bits per heavy atom. The molecule has 3 fully saturated rings. The Labute approximate surface area is 102 Å². The minimum absolute atomic E-state index is 0.181. The van der Waals surface area contributed by atoms with E-state index in [2.05, 4.69) is 5.32 Å². The first kappa shape index (κ1) is 11.5. The summed E-state index contributed by atoms with van der Waals surface area (Å²) in [7, 11) is 0. The Bertz CT molecular complexity index is 300. The van der Waals surface area contributed by atoms with Gasteiger partial charge in [-0.3, -0.25) is 4.79 Å². The van der Waals surface area contributed by atoms with Gasteiger partial charge in [0.05, 0.1) is 12.0 Å². The van der Waals surface area contributed by atoms with E-state index in [9.17, 15) is 9.90 Å². The number of rotatable bonds is 3. The smallest absolute Gasteiger partial charge is 0.228 e. The number of nitrogens with one attached hydrogen (secondary N) is 1. The van der Waals surface area contributed by atoms with E-state index in [1.807, 2.05) is 4.90 Å². The molecule has 0 bridgehead atoms. The maximum Gasteiger partial charge on any atom is 0.228 e. The minimum Gasteiger partial charge on any atom is -0.393 e. The number of amides is 1. The number of likely N-dealkylation sites (tertiary alicyclic amines) is 1. The number of carbonyl (C=O) groups is 1. The van der Waals surface area contributed by atoms with E-state index < -0.39 is 0 Å². The Morgan fingerprint density at radius 3 is 2.65 bits per heavy atom. The molecule has 3 aliphatic rings. The predicted octanol–water partition coefficient (Wildman–Crippen LogP) is 0.215. The van der Waals surface area contributed by atoms with E-state index in [-0.39, 0.29) is 12.0 Å². The van der Waals surface area contributed by atoms with Gasteiger partial charge in [0, 0.05) is 32.1 Å². The van der Waals surface area contributed by atoms with Gasteiger partial charge < -0.3 is 15.3 Å². The maximum absolute atomic E-state index is 12.1. The highest BCUT2D eigenvalue weighted by molar-refractivity contribution is 5.80. The number of hydrogen-bond donors (Lipinski definition) is 2. The predicted molar refractivity (Wildman–Crippen MR) is 64.4 cm³/mol. The van der Waals surface area contributed by atoms with E-state index in [0.29, 0.717) is 11.8 Å². The van der Waals surface area contributed by atoms with Crippen molar-refractivity contribution in [1.82, 2.24) is 10.2 Å². The molecule has 1 saturated carbocycles. The van der Waals surface area contributed by atoms with Crippen LogP contribution in [0.5, 0.6) is 0 Å². The molecular weight excluding hydrogens is 216 g/mol. The van der Waals surface area contributed by atoms with E-state index >= 15 is 0 Å². The fraction of sp³-hybridized carbons (Fsp3) is 0.923. The van der Waals surface area contributed by atoms with Gasteiger partial charge in [-0.1, -0.05) is 12.8 Å². The van der Waals surface area contributed by atoms with Crippen molar-refractivity contribution in [2.24, 2.45) is 17.8 Å². The van der Waals surface area contributed by atoms with Crippen molar-refractivity contribution >= 4 is 5.91 Å². The van der Waals surface area contributed by atoms with Crippen molar-refractivity contribution in [3.63, 3.8) is 0 Å². The van der Waals surface area contributed by atoms with Crippen LogP contribution in [0.1, 0.15) is 25.7 Å². The van der Waals surface area contributed by atoms with Crippen molar-refractivity contribution in [3.8, 4) is 0 Å².